The van der Waals surface area contributed by atoms with Crippen molar-refractivity contribution in [3.05, 3.63) is 61.9 Å². The van der Waals surface area contributed by atoms with Crippen molar-refractivity contribution in [3.8, 4) is 22.6 Å². The van der Waals surface area contributed by atoms with Gasteiger partial charge < -0.3 is 14.8 Å². The molecule has 10 heteroatoms. The van der Waals surface area contributed by atoms with Gasteiger partial charge in [0.25, 0.3) is 0 Å². The molecule has 180 valence electrons. The summed E-state index contributed by atoms with van der Waals surface area (Å²) in [6.07, 6.45) is 2.03. The van der Waals surface area contributed by atoms with Gasteiger partial charge in [-0.15, -0.1) is 0 Å². The van der Waals surface area contributed by atoms with Gasteiger partial charge in [0, 0.05) is 17.3 Å². The first-order chi connectivity index (χ1) is 16.0. The lowest BCUT2D eigenvalue weighted by atomic mass is 9.97. The molecule has 0 saturated carbocycles. The summed E-state index contributed by atoms with van der Waals surface area (Å²) >= 11 is 3.41. The molecule has 2 aromatic carbocycles. The third-order valence-electron chi connectivity index (χ3n) is 5.13. The van der Waals surface area contributed by atoms with E-state index in [4.69, 9.17) is 9.47 Å². The van der Waals surface area contributed by atoms with Gasteiger partial charge in [-0.1, -0.05) is 13.0 Å². The summed E-state index contributed by atoms with van der Waals surface area (Å²) in [6, 6.07) is 6.70. The van der Waals surface area contributed by atoms with E-state index in [1.807, 2.05) is 27.7 Å². The van der Waals surface area contributed by atoms with E-state index in [-0.39, 0.29) is 17.1 Å². The van der Waals surface area contributed by atoms with E-state index < -0.39 is 16.4 Å². The summed E-state index contributed by atoms with van der Waals surface area (Å²) in [5.74, 6) is 0.133. The predicted molar refractivity (Wildman–Crippen MR) is 134 cm³/mol. The zero-order chi connectivity index (χ0) is 25.2. The molecule has 0 aliphatic carbocycles. The van der Waals surface area contributed by atoms with Gasteiger partial charge in [-0.2, -0.15) is 5.10 Å². The van der Waals surface area contributed by atoms with E-state index in [1.54, 1.807) is 25.1 Å². The summed E-state index contributed by atoms with van der Waals surface area (Å²) in [5, 5.41) is 22.3. The second-order valence-corrected chi connectivity index (χ2v) is 9.60. The third-order valence-corrected chi connectivity index (χ3v) is 5.79. The number of rotatable bonds is 7. The van der Waals surface area contributed by atoms with Crippen molar-refractivity contribution in [3.63, 3.8) is 0 Å². The lowest BCUT2D eigenvalue weighted by molar-refractivity contribution is -0.383. The highest BCUT2D eigenvalue weighted by Crippen LogP contribution is 2.45. The summed E-state index contributed by atoms with van der Waals surface area (Å²) < 4.78 is 11.9. The Morgan fingerprint density at radius 3 is 2.56 bits per heavy atom. The fourth-order valence-electron chi connectivity index (χ4n) is 3.53. The second-order valence-electron chi connectivity index (χ2n) is 8.74. The minimum Gasteiger partial charge on any atom is -0.496 e. The van der Waals surface area contributed by atoms with Gasteiger partial charge >= 0.3 is 11.7 Å². The highest BCUT2D eigenvalue weighted by atomic mass is 79.9. The Balaban J connectivity index is 2.26. The smallest absolute Gasteiger partial charge is 0.347 e. The summed E-state index contributed by atoms with van der Waals surface area (Å²) in [4.78, 5) is 24.8. The zero-order valence-corrected chi connectivity index (χ0v) is 21.5. The molecule has 0 spiro atoms. The first kappa shape index (κ1) is 25.2. The minimum absolute atomic E-state index is 0.117. The maximum Gasteiger partial charge on any atom is 0.347 e. The average Bonchev–Trinajstić information content (AvgIpc) is 3.24. The molecule has 0 aliphatic heterocycles. The molecule has 0 bridgehead atoms. The van der Waals surface area contributed by atoms with Crippen LogP contribution in [0, 0.1) is 17.0 Å². The largest absolute Gasteiger partial charge is 0.496 e. The number of ether oxygens (including phenoxy) is 2. The molecule has 0 saturated heterocycles. The number of carbonyl (C=O) groups excluding carboxylic acids is 1. The summed E-state index contributed by atoms with van der Waals surface area (Å²) in [7, 11) is 1.52. The van der Waals surface area contributed by atoms with E-state index in [0.717, 1.165) is 0 Å². The van der Waals surface area contributed by atoms with Gasteiger partial charge in [0.05, 0.1) is 27.8 Å². The number of nitro benzene ring substituents is 1. The molecule has 3 rings (SSSR count). The molecule has 0 atom stereocenters. The van der Waals surface area contributed by atoms with Gasteiger partial charge in [0.1, 0.15) is 22.7 Å². The van der Waals surface area contributed by atoms with E-state index >= 15 is 0 Å². The molecule has 0 fully saturated rings. The Kier molecular flexibility index (Phi) is 7.30. The number of aromatic amines is 1. The van der Waals surface area contributed by atoms with Gasteiger partial charge in [0.2, 0.25) is 0 Å². The van der Waals surface area contributed by atoms with Gasteiger partial charge in [-0.3, -0.25) is 15.2 Å². The quantitative estimate of drug-likeness (QED) is 0.165. The van der Waals surface area contributed by atoms with Crippen LogP contribution in [0.1, 0.15) is 49.3 Å². The number of benzene rings is 2. The monoisotopic (exact) mass is 530 g/mol. The van der Waals surface area contributed by atoms with Crippen molar-refractivity contribution in [2.24, 2.45) is 0 Å². The Bertz CT molecular complexity index is 1250. The molecular formula is C24H27BrN4O5. The SMILES string of the molecule is CCc1n[nH]cc1C(=O)Oc1cc(-c2ccc(Br)c(OC)c2)c([N+](=O)[O-])c(NC(C)(C)C)c1C. The average molecular weight is 531 g/mol. The summed E-state index contributed by atoms with van der Waals surface area (Å²) in [6.45, 7) is 9.27. The molecule has 3 aromatic rings. The number of nitrogens with zero attached hydrogens (tertiary/aromatic N) is 2. The number of H-pyrrole nitrogens is 1. The topological polar surface area (TPSA) is 119 Å². The Hall–Kier alpha value is -3.40. The van der Waals surface area contributed by atoms with Crippen LogP contribution < -0.4 is 14.8 Å². The number of anilines is 1. The molecule has 1 aromatic heterocycles. The molecular weight excluding hydrogens is 504 g/mol. The first-order valence-electron chi connectivity index (χ1n) is 10.7. The molecule has 2 N–H and O–H groups in total. The first-order valence-corrected chi connectivity index (χ1v) is 11.4. The van der Waals surface area contributed by atoms with Gasteiger partial charge in [-0.25, -0.2) is 4.79 Å². The van der Waals surface area contributed by atoms with Crippen LogP contribution in [-0.2, 0) is 6.42 Å². The van der Waals surface area contributed by atoms with Crippen molar-refractivity contribution in [2.45, 2.75) is 46.6 Å². The van der Waals surface area contributed by atoms with E-state index in [9.17, 15) is 14.9 Å². The summed E-state index contributed by atoms with van der Waals surface area (Å²) in [5.41, 5.74) is 1.85. The normalized spacial score (nSPS) is 11.3. The molecule has 0 unspecified atom stereocenters. The number of methoxy groups -OCH3 is 1. The molecule has 0 aliphatic rings. The van der Waals surface area contributed by atoms with Crippen LogP contribution in [0.5, 0.6) is 11.5 Å². The maximum atomic E-state index is 13.0. The van der Waals surface area contributed by atoms with Gasteiger partial charge in [-0.05, 0) is 73.8 Å². The fourth-order valence-corrected chi connectivity index (χ4v) is 3.94. The third kappa shape index (κ3) is 5.22. The molecule has 0 radical (unpaired) electrons. The molecule has 1 heterocycles. The number of halogens is 1. The Morgan fingerprint density at radius 2 is 1.97 bits per heavy atom. The second kappa shape index (κ2) is 9.84. The van der Waals surface area contributed by atoms with E-state index in [1.165, 1.54) is 19.4 Å². The fraction of sp³-hybridized carbons (Fsp3) is 0.333. The van der Waals surface area contributed by atoms with Crippen molar-refractivity contribution in [2.75, 3.05) is 12.4 Å². The van der Waals surface area contributed by atoms with Gasteiger partial charge in [0.15, 0.2) is 0 Å². The number of hydrogen-bond acceptors (Lipinski definition) is 7. The van der Waals surface area contributed by atoms with Crippen LogP contribution in [-0.4, -0.2) is 33.7 Å². The van der Waals surface area contributed by atoms with E-state index in [2.05, 4.69) is 31.4 Å². The lowest BCUT2D eigenvalue weighted by Crippen LogP contribution is -2.27. The number of aryl methyl sites for hydroxylation is 1. The van der Waals surface area contributed by atoms with Crippen LogP contribution in [0.2, 0.25) is 0 Å². The maximum absolute atomic E-state index is 13.0. The van der Waals surface area contributed by atoms with Crippen molar-refractivity contribution in [1.82, 2.24) is 10.2 Å². The molecule has 0 amide bonds. The van der Waals surface area contributed by atoms with Crippen LogP contribution in [0.15, 0.2) is 34.9 Å². The zero-order valence-electron chi connectivity index (χ0n) is 19.9. The Morgan fingerprint density at radius 1 is 1.26 bits per heavy atom. The molecule has 34 heavy (non-hydrogen) atoms. The molecule has 9 nitrogen and oxygen atoms in total. The number of carbonyl (C=O) groups is 1. The van der Waals surface area contributed by atoms with Crippen LogP contribution >= 0.6 is 15.9 Å². The number of esters is 1. The van der Waals surface area contributed by atoms with Crippen LogP contribution in [0.25, 0.3) is 11.1 Å². The van der Waals surface area contributed by atoms with Crippen LogP contribution in [0.4, 0.5) is 11.4 Å². The predicted octanol–water partition coefficient (Wildman–Crippen LogP) is 6.06. The number of aromatic nitrogens is 2. The lowest BCUT2D eigenvalue weighted by Gasteiger charge is -2.25. The van der Waals surface area contributed by atoms with Crippen LogP contribution in [0.3, 0.4) is 0 Å². The number of nitro groups is 1. The number of hydrogen-bond donors (Lipinski definition) is 2. The van der Waals surface area contributed by atoms with E-state index in [0.29, 0.717) is 44.6 Å². The standard InChI is InChI=1S/C24H27BrN4O5/c1-7-18-16(12-26-28-18)23(30)34-19-11-15(14-8-9-17(25)20(10-14)33-6)22(29(31)32)21(13(19)2)27-24(3,4)5/h8-12,27H,7H2,1-6H3,(H,26,28). The Labute approximate surface area is 206 Å². The van der Waals surface area contributed by atoms with Crippen molar-refractivity contribution in [1.29, 1.82) is 0 Å². The highest BCUT2D eigenvalue weighted by Gasteiger charge is 2.30. The highest BCUT2D eigenvalue weighted by molar-refractivity contribution is 9.10. The van der Waals surface area contributed by atoms with Crippen molar-refractivity contribution >= 4 is 33.3 Å². The minimum atomic E-state index is -0.594. The van der Waals surface area contributed by atoms with Crippen molar-refractivity contribution < 1.29 is 19.2 Å². The number of nitrogens with one attached hydrogen (secondary N) is 2.